The van der Waals surface area contributed by atoms with E-state index in [1.54, 1.807) is 24.3 Å². The predicted octanol–water partition coefficient (Wildman–Crippen LogP) is 1.41. The van der Waals surface area contributed by atoms with E-state index in [1.165, 1.54) is 0 Å². The summed E-state index contributed by atoms with van der Waals surface area (Å²) in [5.41, 5.74) is 1.57. The fourth-order valence-electron chi connectivity index (χ4n) is 1.21. The topological polar surface area (TPSA) is 77.8 Å². The molecule has 16 heavy (non-hydrogen) atoms. The monoisotopic (exact) mass is 243 g/mol. The molecular weight excluding hydrogens is 230 g/mol. The van der Waals surface area contributed by atoms with Crippen LogP contribution in [-0.2, 0) is 16.1 Å². The average Bonchev–Trinajstić information content (AvgIpc) is 2.20. The molecule has 6 heteroatoms. The van der Waals surface area contributed by atoms with Crippen molar-refractivity contribution in [2.24, 2.45) is 0 Å². The van der Waals surface area contributed by atoms with Crippen molar-refractivity contribution in [3.8, 4) is 0 Å². The van der Waals surface area contributed by atoms with Crippen molar-refractivity contribution < 1.29 is 18.7 Å². The maximum atomic E-state index is 11.0. The molecule has 0 saturated heterocycles. The number of carbonyl (C=O) groups is 1. The molecule has 1 atom stereocenters. The van der Waals surface area contributed by atoms with Crippen LogP contribution in [0.1, 0.15) is 12.0 Å². The molecule has 0 spiro atoms. The van der Waals surface area contributed by atoms with Gasteiger partial charge in [0.05, 0.1) is 12.1 Å². The molecule has 0 fully saturated rings. The molecule has 0 aliphatic heterocycles. The number of hydrogen-bond acceptors (Lipinski definition) is 2. The van der Waals surface area contributed by atoms with Gasteiger partial charge in [-0.25, -0.2) is 4.21 Å². The van der Waals surface area contributed by atoms with Crippen molar-refractivity contribution in [2.45, 2.75) is 13.3 Å². The van der Waals surface area contributed by atoms with Crippen LogP contribution >= 0.6 is 0 Å². The summed E-state index contributed by atoms with van der Waals surface area (Å²) in [6, 6.07) is 6.97. The third-order valence-corrected chi connectivity index (χ3v) is 2.81. The van der Waals surface area contributed by atoms with Crippen LogP contribution in [0.25, 0.3) is 0 Å². The highest BCUT2D eigenvalue weighted by molar-refractivity contribution is 7.80. The highest BCUT2D eigenvalue weighted by atomic mass is 32.2. The van der Waals surface area contributed by atoms with Crippen LogP contribution in [0.4, 0.5) is 5.69 Å². The van der Waals surface area contributed by atoms with E-state index in [-0.39, 0.29) is 13.0 Å². The third-order valence-electron chi connectivity index (χ3n) is 2.04. The normalized spacial score (nSPS) is 12.1. The summed E-state index contributed by atoms with van der Waals surface area (Å²) >= 11 is -2.21. The van der Waals surface area contributed by atoms with Gasteiger partial charge in [0, 0.05) is 6.54 Å². The van der Waals surface area contributed by atoms with Gasteiger partial charge in [-0.05, 0) is 19.1 Å². The molecule has 88 valence electrons. The molecule has 0 amide bonds. The minimum Gasteiger partial charge on any atom is -0.481 e. The number of aliphatic carboxylic acids is 1. The van der Waals surface area contributed by atoms with Crippen LogP contribution in [0.15, 0.2) is 24.3 Å². The first-order valence-corrected chi connectivity index (χ1v) is 5.74. The van der Waals surface area contributed by atoms with Crippen LogP contribution in [0.2, 0.25) is 0 Å². The van der Waals surface area contributed by atoms with E-state index in [4.69, 9.17) is 9.66 Å². The van der Waals surface area contributed by atoms with Crippen molar-refractivity contribution in [1.29, 1.82) is 0 Å². The zero-order chi connectivity index (χ0) is 12.1. The van der Waals surface area contributed by atoms with Crippen LogP contribution in [0.5, 0.6) is 0 Å². The van der Waals surface area contributed by atoms with Crippen molar-refractivity contribution in [2.75, 3.05) is 10.8 Å². The first-order valence-electron chi connectivity index (χ1n) is 4.67. The Hall–Kier alpha value is -1.40. The number of aryl methyl sites for hydroxylation is 1. The lowest BCUT2D eigenvalue weighted by Crippen LogP contribution is -2.27. The Kier molecular flexibility index (Phi) is 4.45. The molecular formula is C10H13NO4S. The van der Waals surface area contributed by atoms with Gasteiger partial charge in [-0.1, -0.05) is 17.7 Å². The van der Waals surface area contributed by atoms with Gasteiger partial charge in [0.1, 0.15) is 0 Å². The third kappa shape index (κ3) is 3.63. The highest BCUT2D eigenvalue weighted by Gasteiger charge is 2.13. The van der Waals surface area contributed by atoms with Gasteiger partial charge < -0.3 is 5.11 Å². The van der Waals surface area contributed by atoms with Gasteiger partial charge in [-0.2, -0.15) is 0 Å². The summed E-state index contributed by atoms with van der Waals surface area (Å²) in [6.45, 7) is 1.91. The molecule has 5 nitrogen and oxygen atoms in total. The van der Waals surface area contributed by atoms with Gasteiger partial charge in [0.2, 0.25) is 0 Å². The molecule has 0 aromatic heterocycles. The summed E-state index contributed by atoms with van der Waals surface area (Å²) in [5.74, 6) is -0.998. The van der Waals surface area contributed by atoms with E-state index in [0.29, 0.717) is 5.69 Å². The van der Waals surface area contributed by atoms with Gasteiger partial charge >= 0.3 is 5.97 Å². The molecule has 0 saturated carbocycles. The quantitative estimate of drug-likeness (QED) is 0.766. The molecule has 0 bridgehead atoms. The molecule has 0 heterocycles. The Balaban J connectivity index is 2.81. The number of carboxylic acid groups (broad SMARTS) is 1. The van der Waals surface area contributed by atoms with Crippen LogP contribution in [0, 0.1) is 6.92 Å². The lowest BCUT2D eigenvalue weighted by atomic mass is 10.2. The lowest BCUT2D eigenvalue weighted by molar-refractivity contribution is -0.136. The molecule has 0 radical (unpaired) electrons. The number of benzene rings is 1. The summed E-state index contributed by atoms with van der Waals surface area (Å²) in [4.78, 5) is 10.4. The number of hydrogen-bond donors (Lipinski definition) is 2. The molecule has 1 aromatic carbocycles. The maximum absolute atomic E-state index is 11.0. The first kappa shape index (κ1) is 12.7. The standard InChI is InChI=1S/C10H13NO4S/c1-8-2-4-9(5-3-8)11(16(14)15)7-6-10(12)13/h2-5H,6-7H2,1H3,(H,12,13)(H,14,15). The Morgan fingerprint density at radius 3 is 2.38 bits per heavy atom. The zero-order valence-corrected chi connectivity index (χ0v) is 9.61. The highest BCUT2D eigenvalue weighted by Crippen LogP contribution is 2.16. The minimum atomic E-state index is -2.21. The second-order valence-corrected chi connectivity index (χ2v) is 4.21. The SMILES string of the molecule is Cc1ccc(N(CCC(=O)O)S(=O)O)cc1. The number of rotatable bonds is 5. The summed E-state index contributed by atoms with van der Waals surface area (Å²) in [7, 11) is 0. The van der Waals surface area contributed by atoms with Crippen molar-refractivity contribution in [3.63, 3.8) is 0 Å². The molecule has 1 rings (SSSR count). The zero-order valence-electron chi connectivity index (χ0n) is 8.79. The number of carboxylic acids is 1. The molecule has 1 aromatic rings. The van der Waals surface area contributed by atoms with Gasteiger partial charge in [-0.15, -0.1) is 0 Å². The van der Waals surface area contributed by atoms with Crippen LogP contribution < -0.4 is 4.31 Å². The largest absolute Gasteiger partial charge is 0.481 e. The second-order valence-electron chi connectivity index (χ2n) is 3.31. The summed E-state index contributed by atoms with van der Waals surface area (Å²) in [5, 5.41) is 8.53. The Bertz CT molecular complexity index is 390. The van der Waals surface area contributed by atoms with Crippen molar-refractivity contribution in [3.05, 3.63) is 29.8 Å². The lowest BCUT2D eigenvalue weighted by Gasteiger charge is -2.18. The fourth-order valence-corrected chi connectivity index (χ4v) is 1.76. The average molecular weight is 243 g/mol. The van der Waals surface area contributed by atoms with Gasteiger partial charge in [-0.3, -0.25) is 13.7 Å². The van der Waals surface area contributed by atoms with E-state index in [0.717, 1.165) is 9.87 Å². The van der Waals surface area contributed by atoms with E-state index in [9.17, 15) is 9.00 Å². The number of anilines is 1. The second kappa shape index (κ2) is 5.62. The smallest absolute Gasteiger partial charge is 0.305 e. The maximum Gasteiger partial charge on any atom is 0.305 e. The van der Waals surface area contributed by atoms with Crippen LogP contribution in [0.3, 0.4) is 0 Å². The molecule has 2 N–H and O–H groups in total. The minimum absolute atomic E-state index is 0.00149. The van der Waals surface area contributed by atoms with E-state index in [1.807, 2.05) is 6.92 Å². The van der Waals surface area contributed by atoms with Gasteiger partial charge in [0.25, 0.3) is 11.3 Å². The summed E-state index contributed by atoms with van der Waals surface area (Å²) < 4.78 is 21.2. The Morgan fingerprint density at radius 2 is 1.94 bits per heavy atom. The fraction of sp³-hybridized carbons (Fsp3) is 0.300. The molecule has 0 aliphatic rings. The van der Waals surface area contributed by atoms with Crippen molar-refractivity contribution >= 4 is 22.9 Å². The van der Waals surface area contributed by atoms with Crippen LogP contribution in [-0.4, -0.2) is 26.4 Å². The molecule has 0 aliphatic carbocycles. The van der Waals surface area contributed by atoms with E-state index < -0.39 is 17.2 Å². The van der Waals surface area contributed by atoms with E-state index >= 15 is 0 Å². The predicted molar refractivity (Wildman–Crippen MR) is 61.5 cm³/mol. The van der Waals surface area contributed by atoms with Gasteiger partial charge in [0.15, 0.2) is 0 Å². The first-order chi connectivity index (χ1) is 7.50. The van der Waals surface area contributed by atoms with Crippen molar-refractivity contribution in [1.82, 2.24) is 0 Å². The number of nitrogens with zero attached hydrogens (tertiary/aromatic N) is 1. The molecule has 1 unspecified atom stereocenters. The Labute approximate surface area is 96.1 Å². The Morgan fingerprint density at radius 1 is 1.38 bits per heavy atom. The van der Waals surface area contributed by atoms with E-state index in [2.05, 4.69) is 0 Å². The summed E-state index contributed by atoms with van der Waals surface area (Å²) in [6.07, 6.45) is -0.180.